The Bertz CT molecular complexity index is 824. The topological polar surface area (TPSA) is 59.1 Å². The van der Waals surface area contributed by atoms with Gasteiger partial charge in [-0.2, -0.15) is 0 Å². The predicted octanol–water partition coefficient (Wildman–Crippen LogP) is 4.02. The van der Waals surface area contributed by atoms with Crippen LogP contribution < -0.4 is 15.4 Å². The molecule has 0 aliphatic carbocycles. The molecule has 0 fully saturated rings. The van der Waals surface area contributed by atoms with Crippen molar-refractivity contribution in [3.8, 4) is 5.75 Å². The van der Waals surface area contributed by atoms with E-state index in [0.717, 1.165) is 29.2 Å². The van der Waals surface area contributed by atoms with Gasteiger partial charge in [0.05, 0.1) is 7.11 Å². The van der Waals surface area contributed by atoms with Gasteiger partial charge in [0.15, 0.2) is 0 Å². The Labute approximate surface area is 145 Å². The minimum absolute atomic E-state index is 0.271. The molecule has 1 heterocycles. The van der Waals surface area contributed by atoms with E-state index in [1.807, 2.05) is 30.3 Å². The van der Waals surface area contributed by atoms with E-state index in [1.165, 1.54) is 18.5 Å². The smallest absolute Gasteiger partial charge is 0.135 e. The SMILES string of the molecule is COc1ccccc1CCNc1cc(Nc2ccc(F)cc2)ncn1. The van der Waals surface area contributed by atoms with Crippen LogP contribution >= 0.6 is 0 Å². The van der Waals surface area contributed by atoms with Gasteiger partial charge in [-0.15, -0.1) is 0 Å². The minimum Gasteiger partial charge on any atom is -0.496 e. The molecule has 0 radical (unpaired) electrons. The lowest BCUT2D eigenvalue weighted by atomic mass is 10.1. The van der Waals surface area contributed by atoms with Gasteiger partial charge in [-0.3, -0.25) is 0 Å². The monoisotopic (exact) mass is 338 g/mol. The molecular formula is C19H19FN4O. The van der Waals surface area contributed by atoms with Crippen molar-refractivity contribution in [2.45, 2.75) is 6.42 Å². The third kappa shape index (κ3) is 4.67. The van der Waals surface area contributed by atoms with Crippen molar-refractivity contribution in [2.75, 3.05) is 24.3 Å². The molecule has 0 spiro atoms. The number of rotatable bonds is 7. The summed E-state index contributed by atoms with van der Waals surface area (Å²) < 4.78 is 18.3. The molecule has 2 N–H and O–H groups in total. The second kappa shape index (κ2) is 8.10. The summed E-state index contributed by atoms with van der Waals surface area (Å²) >= 11 is 0. The highest BCUT2D eigenvalue weighted by atomic mass is 19.1. The van der Waals surface area contributed by atoms with Crippen molar-refractivity contribution in [3.63, 3.8) is 0 Å². The van der Waals surface area contributed by atoms with Gasteiger partial charge < -0.3 is 15.4 Å². The molecule has 25 heavy (non-hydrogen) atoms. The fraction of sp³-hybridized carbons (Fsp3) is 0.158. The van der Waals surface area contributed by atoms with E-state index in [0.29, 0.717) is 12.4 Å². The molecule has 128 valence electrons. The molecule has 0 aliphatic rings. The quantitative estimate of drug-likeness (QED) is 0.681. The molecule has 1 aromatic heterocycles. The van der Waals surface area contributed by atoms with Gasteiger partial charge in [0.25, 0.3) is 0 Å². The first-order valence-electron chi connectivity index (χ1n) is 7.95. The van der Waals surface area contributed by atoms with E-state index >= 15 is 0 Å². The van der Waals surface area contributed by atoms with Crippen LogP contribution in [0.25, 0.3) is 0 Å². The maximum absolute atomic E-state index is 13.0. The number of benzene rings is 2. The molecule has 3 rings (SSSR count). The number of nitrogens with zero attached hydrogens (tertiary/aromatic N) is 2. The summed E-state index contributed by atoms with van der Waals surface area (Å²) in [5.74, 6) is 1.97. The second-order valence-electron chi connectivity index (χ2n) is 5.41. The van der Waals surface area contributed by atoms with Crippen LogP contribution in [0.15, 0.2) is 60.9 Å². The number of hydrogen-bond acceptors (Lipinski definition) is 5. The van der Waals surface area contributed by atoms with Crippen LogP contribution in [0, 0.1) is 5.82 Å². The van der Waals surface area contributed by atoms with Crippen LogP contribution in [0.1, 0.15) is 5.56 Å². The van der Waals surface area contributed by atoms with Gasteiger partial charge in [0, 0.05) is 18.3 Å². The van der Waals surface area contributed by atoms with E-state index < -0.39 is 0 Å². The zero-order valence-electron chi connectivity index (χ0n) is 13.9. The summed E-state index contributed by atoms with van der Waals surface area (Å²) in [4.78, 5) is 8.39. The van der Waals surface area contributed by atoms with Crippen molar-refractivity contribution < 1.29 is 9.13 Å². The number of aromatic nitrogens is 2. The largest absolute Gasteiger partial charge is 0.496 e. The fourth-order valence-electron chi connectivity index (χ4n) is 2.44. The Morgan fingerprint density at radius 2 is 1.76 bits per heavy atom. The van der Waals surface area contributed by atoms with Crippen LogP contribution in [-0.2, 0) is 6.42 Å². The Balaban J connectivity index is 1.59. The zero-order chi connectivity index (χ0) is 17.5. The van der Waals surface area contributed by atoms with E-state index in [1.54, 1.807) is 19.2 Å². The average molecular weight is 338 g/mol. The molecule has 3 aromatic rings. The molecule has 0 aliphatic heterocycles. The van der Waals surface area contributed by atoms with Gasteiger partial charge in [-0.25, -0.2) is 14.4 Å². The van der Waals surface area contributed by atoms with Crippen LogP contribution in [0.3, 0.4) is 0 Å². The van der Waals surface area contributed by atoms with E-state index in [-0.39, 0.29) is 5.82 Å². The van der Waals surface area contributed by atoms with E-state index in [2.05, 4.69) is 20.6 Å². The number of ether oxygens (including phenoxy) is 1. The Hall–Kier alpha value is -3.15. The maximum atomic E-state index is 13.0. The lowest BCUT2D eigenvalue weighted by molar-refractivity contribution is 0.410. The van der Waals surface area contributed by atoms with Gasteiger partial charge in [-0.1, -0.05) is 18.2 Å². The predicted molar refractivity (Wildman–Crippen MR) is 96.9 cm³/mol. The standard InChI is InChI=1S/C19H19FN4O/c1-25-17-5-3-2-4-14(17)10-11-21-18-12-19(23-13-22-18)24-16-8-6-15(20)7-9-16/h2-9,12-13H,10-11H2,1H3,(H2,21,22,23,24). The van der Waals surface area contributed by atoms with Gasteiger partial charge >= 0.3 is 0 Å². The Morgan fingerprint density at radius 3 is 2.56 bits per heavy atom. The first kappa shape index (κ1) is 16.7. The van der Waals surface area contributed by atoms with Crippen molar-refractivity contribution >= 4 is 17.3 Å². The molecule has 5 nitrogen and oxygen atoms in total. The third-order valence-corrected chi connectivity index (χ3v) is 3.68. The van der Waals surface area contributed by atoms with Crippen LogP contribution in [-0.4, -0.2) is 23.6 Å². The number of methoxy groups -OCH3 is 1. The zero-order valence-corrected chi connectivity index (χ0v) is 13.9. The lowest BCUT2D eigenvalue weighted by Gasteiger charge is -2.10. The first-order chi connectivity index (χ1) is 12.2. The van der Waals surface area contributed by atoms with Crippen molar-refractivity contribution in [1.82, 2.24) is 9.97 Å². The number of anilines is 3. The summed E-state index contributed by atoms with van der Waals surface area (Å²) in [5, 5.41) is 6.39. The average Bonchev–Trinajstić information content (AvgIpc) is 2.64. The van der Waals surface area contributed by atoms with Gasteiger partial charge in [0.1, 0.15) is 29.5 Å². The van der Waals surface area contributed by atoms with E-state index in [9.17, 15) is 4.39 Å². The summed E-state index contributed by atoms with van der Waals surface area (Å²) in [6, 6.07) is 15.9. The summed E-state index contributed by atoms with van der Waals surface area (Å²) in [6.45, 7) is 0.716. The molecule has 6 heteroatoms. The van der Waals surface area contributed by atoms with Crippen molar-refractivity contribution in [2.24, 2.45) is 0 Å². The van der Waals surface area contributed by atoms with Gasteiger partial charge in [0.2, 0.25) is 0 Å². The van der Waals surface area contributed by atoms with Crippen LogP contribution in [0.4, 0.5) is 21.7 Å². The number of para-hydroxylation sites is 1. The highest BCUT2D eigenvalue weighted by Crippen LogP contribution is 2.19. The number of nitrogens with one attached hydrogen (secondary N) is 2. The van der Waals surface area contributed by atoms with Crippen LogP contribution in [0.2, 0.25) is 0 Å². The molecular weight excluding hydrogens is 319 g/mol. The Kier molecular flexibility index (Phi) is 5.41. The molecule has 0 saturated heterocycles. The molecule has 0 bridgehead atoms. The summed E-state index contributed by atoms with van der Waals surface area (Å²) in [6.07, 6.45) is 2.30. The van der Waals surface area contributed by atoms with Crippen molar-refractivity contribution in [3.05, 3.63) is 72.3 Å². The fourth-order valence-corrected chi connectivity index (χ4v) is 2.44. The van der Waals surface area contributed by atoms with E-state index in [4.69, 9.17) is 4.74 Å². The summed E-state index contributed by atoms with van der Waals surface area (Å²) in [5.41, 5.74) is 1.90. The normalized spacial score (nSPS) is 10.3. The molecule has 0 saturated carbocycles. The van der Waals surface area contributed by atoms with Crippen LogP contribution in [0.5, 0.6) is 5.75 Å². The third-order valence-electron chi connectivity index (χ3n) is 3.68. The first-order valence-corrected chi connectivity index (χ1v) is 7.95. The minimum atomic E-state index is -0.271. The Morgan fingerprint density at radius 1 is 1.00 bits per heavy atom. The van der Waals surface area contributed by atoms with Crippen molar-refractivity contribution in [1.29, 1.82) is 0 Å². The van der Waals surface area contributed by atoms with Gasteiger partial charge in [-0.05, 0) is 42.3 Å². The highest BCUT2D eigenvalue weighted by molar-refractivity contribution is 5.58. The second-order valence-corrected chi connectivity index (χ2v) is 5.41. The maximum Gasteiger partial charge on any atom is 0.135 e. The summed E-state index contributed by atoms with van der Waals surface area (Å²) in [7, 11) is 1.67. The highest BCUT2D eigenvalue weighted by Gasteiger charge is 2.03. The molecule has 2 aromatic carbocycles. The number of halogens is 1. The lowest BCUT2D eigenvalue weighted by Crippen LogP contribution is -2.08. The molecule has 0 atom stereocenters. The molecule has 0 unspecified atom stereocenters. The molecule has 0 amide bonds. The number of hydrogen-bond donors (Lipinski definition) is 2.